The molecule has 0 saturated carbocycles. The van der Waals surface area contributed by atoms with Crippen molar-refractivity contribution in [2.24, 2.45) is 0 Å². The van der Waals surface area contributed by atoms with Gasteiger partial charge in [0.05, 0.1) is 0 Å². The molecule has 1 aliphatic rings. The zero-order valence-corrected chi connectivity index (χ0v) is 15.7. The number of allylic oxidation sites excluding steroid dienone is 5. The number of likely N-dealkylation sites (N-methyl/N-ethyl adjacent to an activating group) is 1. The molecule has 1 aliphatic carbocycles. The van der Waals surface area contributed by atoms with Crippen LogP contribution >= 0.6 is 0 Å². The number of hydrogen-bond donors (Lipinski definition) is 0. The molecule has 0 saturated heterocycles. The molecule has 0 fully saturated rings. The van der Waals surface area contributed by atoms with Crippen LogP contribution in [0.2, 0.25) is 0 Å². The first-order valence-electron chi connectivity index (χ1n) is 9.14. The third-order valence-corrected chi connectivity index (χ3v) is 4.50. The number of halogens is 1. The SMILES string of the molecule is C/C=C(\C=C/Cc1ccc(C)cc1)CCN(C)CC1=CC(F)CC=C1. The van der Waals surface area contributed by atoms with E-state index < -0.39 is 6.17 Å². The number of alkyl halides is 1. The largest absolute Gasteiger partial charge is 0.302 e. The Hall–Kier alpha value is -1.93. The van der Waals surface area contributed by atoms with Crippen LogP contribution in [-0.4, -0.2) is 31.2 Å². The molecule has 0 bridgehead atoms. The molecule has 1 unspecified atom stereocenters. The van der Waals surface area contributed by atoms with Crippen LogP contribution in [0.1, 0.15) is 30.9 Å². The van der Waals surface area contributed by atoms with Crippen LogP contribution in [-0.2, 0) is 6.42 Å². The van der Waals surface area contributed by atoms with Crippen LogP contribution in [0.3, 0.4) is 0 Å². The quantitative estimate of drug-likeness (QED) is 0.558. The van der Waals surface area contributed by atoms with Crippen molar-refractivity contribution in [3.63, 3.8) is 0 Å². The zero-order valence-electron chi connectivity index (χ0n) is 15.7. The fraction of sp³-hybridized carbons (Fsp3) is 0.391. The highest BCUT2D eigenvalue weighted by molar-refractivity contribution is 5.27. The minimum Gasteiger partial charge on any atom is -0.302 e. The van der Waals surface area contributed by atoms with Crippen molar-refractivity contribution >= 4 is 0 Å². The predicted molar refractivity (Wildman–Crippen MR) is 107 cm³/mol. The third-order valence-electron chi connectivity index (χ3n) is 4.50. The summed E-state index contributed by atoms with van der Waals surface area (Å²) in [6.45, 7) is 5.98. The van der Waals surface area contributed by atoms with Gasteiger partial charge in [0.1, 0.15) is 6.17 Å². The molecule has 2 rings (SSSR count). The van der Waals surface area contributed by atoms with E-state index in [0.29, 0.717) is 6.42 Å². The van der Waals surface area contributed by atoms with Crippen LogP contribution in [0.15, 0.2) is 71.9 Å². The second kappa shape index (κ2) is 10.1. The van der Waals surface area contributed by atoms with Crippen molar-refractivity contribution in [1.82, 2.24) is 4.90 Å². The second-order valence-electron chi connectivity index (χ2n) is 6.84. The lowest BCUT2D eigenvalue weighted by molar-refractivity contribution is 0.361. The van der Waals surface area contributed by atoms with E-state index in [2.05, 4.69) is 68.3 Å². The van der Waals surface area contributed by atoms with E-state index in [0.717, 1.165) is 31.5 Å². The Kier molecular flexibility index (Phi) is 7.87. The van der Waals surface area contributed by atoms with E-state index in [1.165, 1.54) is 16.7 Å². The Morgan fingerprint density at radius 1 is 1.28 bits per heavy atom. The fourth-order valence-electron chi connectivity index (χ4n) is 2.92. The van der Waals surface area contributed by atoms with Crippen LogP contribution < -0.4 is 0 Å². The zero-order chi connectivity index (χ0) is 18.1. The van der Waals surface area contributed by atoms with Gasteiger partial charge in [-0.25, -0.2) is 4.39 Å². The summed E-state index contributed by atoms with van der Waals surface area (Å²) in [5.41, 5.74) is 5.06. The molecule has 0 radical (unpaired) electrons. The van der Waals surface area contributed by atoms with Gasteiger partial charge >= 0.3 is 0 Å². The third kappa shape index (κ3) is 7.23. The van der Waals surface area contributed by atoms with Gasteiger partial charge < -0.3 is 4.90 Å². The summed E-state index contributed by atoms with van der Waals surface area (Å²) in [6, 6.07) is 8.69. The maximum atomic E-state index is 13.4. The summed E-state index contributed by atoms with van der Waals surface area (Å²) in [4.78, 5) is 2.26. The molecule has 1 aromatic rings. The minimum atomic E-state index is -0.816. The van der Waals surface area contributed by atoms with Gasteiger partial charge in [0, 0.05) is 19.5 Å². The molecule has 0 N–H and O–H groups in total. The van der Waals surface area contributed by atoms with E-state index in [-0.39, 0.29) is 0 Å². The molecule has 2 heteroatoms. The normalized spacial score (nSPS) is 18.2. The highest BCUT2D eigenvalue weighted by atomic mass is 19.1. The molecule has 25 heavy (non-hydrogen) atoms. The highest BCUT2D eigenvalue weighted by Gasteiger charge is 2.09. The Morgan fingerprint density at radius 3 is 2.72 bits per heavy atom. The summed E-state index contributed by atoms with van der Waals surface area (Å²) in [5.74, 6) is 0. The first kappa shape index (κ1) is 19.4. The monoisotopic (exact) mass is 339 g/mol. The molecule has 0 heterocycles. The van der Waals surface area contributed by atoms with Gasteiger partial charge in [-0.2, -0.15) is 0 Å². The van der Waals surface area contributed by atoms with Crippen LogP contribution in [0, 0.1) is 6.92 Å². The highest BCUT2D eigenvalue weighted by Crippen LogP contribution is 2.15. The first-order chi connectivity index (χ1) is 12.1. The molecule has 1 aromatic carbocycles. The standard InChI is InChI=1S/C23H30FN/c1-4-20(7-5-8-21-13-11-19(2)12-14-21)15-16-25(3)18-22-9-6-10-23(24)17-22/h4-7,9,11-14,17,23H,8,10,15-16,18H2,1-3H3/b7-5-,20-4+. The lowest BCUT2D eigenvalue weighted by Gasteiger charge is -2.19. The van der Waals surface area contributed by atoms with Crippen molar-refractivity contribution in [3.8, 4) is 0 Å². The number of aryl methyl sites for hydroxylation is 1. The van der Waals surface area contributed by atoms with Crippen molar-refractivity contribution in [2.45, 2.75) is 39.3 Å². The number of nitrogens with zero attached hydrogens (tertiary/aromatic N) is 1. The van der Waals surface area contributed by atoms with E-state index in [4.69, 9.17) is 0 Å². The molecule has 0 spiro atoms. The topological polar surface area (TPSA) is 3.24 Å². The van der Waals surface area contributed by atoms with Gasteiger partial charge in [-0.3, -0.25) is 0 Å². The van der Waals surface area contributed by atoms with E-state index >= 15 is 0 Å². The van der Waals surface area contributed by atoms with Gasteiger partial charge in [-0.05, 0) is 50.9 Å². The minimum absolute atomic E-state index is 0.516. The number of rotatable bonds is 8. The van der Waals surface area contributed by atoms with Crippen LogP contribution in [0.5, 0.6) is 0 Å². The Bertz CT molecular complexity index is 649. The Labute approximate surface area is 152 Å². The maximum absolute atomic E-state index is 13.4. The van der Waals surface area contributed by atoms with Crippen molar-refractivity contribution in [2.75, 3.05) is 20.1 Å². The molecule has 1 nitrogen and oxygen atoms in total. The molecular weight excluding hydrogens is 309 g/mol. The number of hydrogen-bond acceptors (Lipinski definition) is 1. The maximum Gasteiger partial charge on any atom is 0.122 e. The second-order valence-corrected chi connectivity index (χ2v) is 6.84. The lowest BCUT2D eigenvalue weighted by Crippen LogP contribution is -2.23. The molecule has 134 valence electrons. The van der Waals surface area contributed by atoms with E-state index in [1.54, 1.807) is 6.08 Å². The predicted octanol–water partition coefficient (Wildman–Crippen LogP) is 5.59. The number of benzene rings is 1. The van der Waals surface area contributed by atoms with Gasteiger partial charge in [-0.15, -0.1) is 0 Å². The summed E-state index contributed by atoms with van der Waals surface area (Å²) < 4.78 is 13.4. The van der Waals surface area contributed by atoms with E-state index in [1.807, 2.05) is 12.2 Å². The molecule has 0 amide bonds. The lowest BCUT2D eigenvalue weighted by atomic mass is 10.0. The fourth-order valence-corrected chi connectivity index (χ4v) is 2.92. The average molecular weight is 339 g/mol. The van der Waals surface area contributed by atoms with E-state index in [9.17, 15) is 4.39 Å². The van der Waals surface area contributed by atoms with Gasteiger partial charge in [0.15, 0.2) is 0 Å². The van der Waals surface area contributed by atoms with Gasteiger partial charge in [0.2, 0.25) is 0 Å². The summed E-state index contributed by atoms with van der Waals surface area (Å²) in [7, 11) is 2.10. The average Bonchev–Trinajstić information content (AvgIpc) is 2.59. The summed E-state index contributed by atoms with van der Waals surface area (Å²) in [5, 5.41) is 0. The van der Waals surface area contributed by atoms with Gasteiger partial charge in [-0.1, -0.05) is 65.8 Å². The van der Waals surface area contributed by atoms with Crippen LogP contribution in [0.25, 0.3) is 0 Å². The van der Waals surface area contributed by atoms with Crippen LogP contribution in [0.4, 0.5) is 4.39 Å². The van der Waals surface area contributed by atoms with Crippen molar-refractivity contribution in [3.05, 3.63) is 83.0 Å². The molecule has 0 aromatic heterocycles. The summed E-state index contributed by atoms with van der Waals surface area (Å²) >= 11 is 0. The van der Waals surface area contributed by atoms with Crippen molar-refractivity contribution < 1.29 is 4.39 Å². The Morgan fingerprint density at radius 2 is 2.04 bits per heavy atom. The molecule has 0 aliphatic heterocycles. The first-order valence-corrected chi connectivity index (χ1v) is 9.14. The van der Waals surface area contributed by atoms with Gasteiger partial charge in [0.25, 0.3) is 0 Å². The van der Waals surface area contributed by atoms with Crippen molar-refractivity contribution in [1.29, 1.82) is 0 Å². The Balaban J connectivity index is 1.76. The smallest absolute Gasteiger partial charge is 0.122 e. The molecule has 1 atom stereocenters. The summed E-state index contributed by atoms with van der Waals surface area (Å²) in [6.07, 6.45) is 14.0. The molecular formula is C23H30FN.